The molecule has 0 aliphatic carbocycles. The monoisotopic (exact) mass is 422 g/mol. The molecule has 0 unspecified atom stereocenters. The van der Waals surface area contributed by atoms with E-state index in [0.29, 0.717) is 17.1 Å². The first-order valence-electron chi connectivity index (χ1n) is 10.6. The van der Waals surface area contributed by atoms with Crippen molar-refractivity contribution in [3.8, 4) is 28.1 Å². The van der Waals surface area contributed by atoms with Crippen LogP contribution in [0.1, 0.15) is 33.1 Å². The Balaban J connectivity index is 1.38. The SMILES string of the molecule is CN(c1cnc(-c2ccc(-c3cn[nH]c3)cc2O)cn1)[C@@H]1C[C@@]2(C)CC[C@](C)(N2)[C@@H]1F. The summed E-state index contributed by atoms with van der Waals surface area (Å²) in [6.45, 7) is 4.16. The van der Waals surface area contributed by atoms with E-state index >= 15 is 4.39 Å². The Labute approximate surface area is 180 Å². The second kappa shape index (κ2) is 7.02. The Bertz CT molecular complexity index is 1090. The molecule has 2 aromatic heterocycles. The predicted molar refractivity (Wildman–Crippen MR) is 118 cm³/mol. The number of aromatic amines is 1. The van der Waals surface area contributed by atoms with E-state index in [2.05, 4.69) is 32.4 Å². The van der Waals surface area contributed by atoms with Crippen molar-refractivity contribution < 1.29 is 9.50 Å². The van der Waals surface area contributed by atoms with Crippen LogP contribution in [-0.2, 0) is 0 Å². The number of aromatic nitrogens is 4. The van der Waals surface area contributed by atoms with E-state index in [1.807, 2.05) is 31.0 Å². The number of nitrogens with one attached hydrogen (secondary N) is 2. The summed E-state index contributed by atoms with van der Waals surface area (Å²) >= 11 is 0. The third-order valence-corrected chi connectivity index (χ3v) is 6.99. The highest BCUT2D eigenvalue weighted by atomic mass is 19.1. The molecular formula is C23H27FN6O. The number of hydrogen-bond donors (Lipinski definition) is 3. The smallest absolute Gasteiger partial charge is 0.147 e. The maximum Gasteiger partial charge on any atom is 0.147 e. The van der Waals surface area contributed by atoms with Crippen LogP contribution in [0.2, 0.25) is 0 Å². The molecule has 0 saturated carbocycles. The number of benzene rings is 1. The average molecular weight is 423 g/mol. The number of anilines is 1. The molecule has 2 saturated heterocycles. The van der Waals surface area contributed by atoms with Gasteiger partial charge >= 0.3 is 0 Å². The van der Waals surface area contributed by atoms with E-state index in [9.17, 15) is 5.11 Å². The van der Waals surface area contributed by atoms with Gasteiger partial charge in [-0.25, -0.2) is 9.37 Å². The molecule has 3 aromatic rings. The number of hydrogen-bond acceptors (Lipinski definition) is 6. The minimum atomic E-state index is -0.992. The van der Waals surface area contributed by atoms with E-state index in [1.165, 1.54) is 0 Å². The molecule has 31 heavy (non-hydrogen) atoms. The third kappa shape index (κ3) is 3.35. The van der Waals surface area contributed by atoms with Gasteiger partial charge in [0.15, 0.2) is 0 Å². The van der Waals surface area contributed by atoms with Crippen LogP contribution in [0, 0.1) is 0 Å². The topological polar surface area (TPSA) is 90.0 Å². The molecule has 0 amide bonds. The van der Waals surface area contributed by atoms with Gasteiger partial charge in [-0.2, -0.15) is 5.10 Å². The zero-order chi connectivity index (χ0) is 21.8. The third-order valence-electron chi connectivity index (χ3n) is 6.99. The number of rotatable bonds is 4. The molecule has 2 aliphatic rings. The zero-order valence-electron chi connectivity index (χ0n) is 17.9. The highest BCUT2D eigenvalue weighted by Crippen LogP contribution is 2.45. The maximum atomic E-state index is 15.4. The number of piperidine rings is 1. The average Bonchev–Trinajstić information content (AvgIpc) is 3.38. The standard InChI is InChI=1S/C23H27FN6O/c1-22-6-7-23(2,29-22)21(24)18(9-22)30(3)20-13-25-17(12-26-20)16-5-4-14(8-19(16)31)15-10-27-28-11-15/h4-5,8,10-13,18,21,29,31H,6-7,9H2,1-3H3,(H,27,28)/t18-,21-,22-,23+/m1/s1. The van der Waals surface area contributed by atoms with Crippen molar-refractivity contribution in [2.45, 2.75) is 56.4 Å². The van der Waals surface area contributed by atoms with Crippen LogP contribution in [0.4, 0.5) is 10.2 Å². The lowest BCUT2D eigenvalue weighted by Gasteiger charge is -2.47. The van der Waals surface area contributed by atoms with Crippen LogP contribution in [0.25, 0.3) is 22.4 Å². The quantitative estimate of drug-likeness (QED) is 0.594. The molecule has 0 spiro atoms. The van der Waals surface area contributed by atoms with E-state index in [4.69, 9.17) is 0 Å². The predicted octanol–water partition coefficient (Wildman–Crippen LogP) is 3.69. The molecular weight excluding hydrogens is 395 g/mol. The first kappa shape index (κ1) is 19.9. The molecule has 2 fully saturated rings. The fraction of sp³-hybridized carbons (Fsp3) is 0.435. The van der Waals surface area contributed by atoms with Crippen LogP contribution < -0.4 is 10.2 Å². The fourth-order valence-corrected chi connectivity index (χ4v) is 5.18. The number of nitrogens with zero attached hydrogens (tertiary/aromatic N) is 4. The normalized spacial score (nSPS) is 29.8. The van der Waals surface area contributed by atoms with Gasteiger partial charge in [0.1, 0.15) is 17.7 Å². The van der Waals surface area contributed by atoms with E-state index in [1.54, 1.807) is 30.9 Å². The van der Waals surface area contributed by atoms with Crippen molar-refractivity contribution in [1.82, 2.24) is 25.5 Å². The van der Waals surface area contributed by atoms with E-state index < -0.39 is 11.7 Å². The van der Waals surface area contributed by atoms with Crippen molar-refractivity contribution in [2.75, 3.05) is 11.9 Å². The molecule has 3 N–H and O–H groups in total. The van der Waals surface area contributed by atoms with Crippen molar-refractivity contribution in [1.29, 1.82) is 0 Å². The van der Waals surface area contributed by atoms with Crippen molar-refractivity contribution in [2.24, 2.45) is 0 Å². The molecule has 5 rings (SSSR count). The second-order valence-electron chi connectivity index (χ2n) is 9.37. The number of phenolic OH excluding ortho intramolecular Hbond substituents is 1. The summed E-state index contributed by atoms with van der Waals surface area (Å²) < 4.78 is 15.4. The summed E-state index contributed by atoms with van der Waals surface area (Å²) in [5.74, 6) is 0.744. The van der Waals surface area contributed by atoms with Crippen molar-refractivity contribution >= 4 is 5.82 Å². The number of phenols is 1. The van der Waals surface area contributed by atoms with Crippen molar-refractivity contribution in [3.63, 3.8) is 0 Å². The van der Waals surface area contributed by atoms with Crippen LogP contribution in [-0.4, -0.2) is 55.6 Å². The summed E-state index contributed by atoms with van der Waals surface area (Å²) in [7, 11) is 1.88. The molecule has 4 heterocycles. The number of aromatic hydroxyl groups is 1. The summed E-state index contributed by atoms with van der Waals surface area (Å²) in [4.78, 5) is 11.0. The molecule has 2 aliphatic heterocycles. The minimum Gasteiger partial charge on any atom is -0.507 e. The molecule has 2 bridgehead atoms. The molecule has 1 aromatic carbocycles. The molecule has 162 valence electrons. The van der Waals surface area contributed by atoms with Gasteiger partial charge in [-0.05, 0) is 50.8 Å². The molecule has 8 heteroatoms. The van der Waals surface area contributed by atoms with Gasteiger partial charge in [-0.3, -0.25) is 10.1 Å². The summed E-state index contributed by atoms with van der Waals surface area (Å²) in [5, 5.41) is 20.7. The van der Waals surface area contributed by atoms with E-state index in [-0.39, 0.29) is 17.3 Å². The number of alkyl halides is 1. The second-order valence-corrected chi connectivity index (χ2v) is 9.37. The Morgan fingerprint density at radius 2 is 1.97 bits per heavy atom. The number of fused-ring (bicyclic) bond motifs is 2. The summed E-state index contributed by atoms with van der Waals surface area (Å²) in [5.41, 5.74) is 2.36. The van der Waals surface area contributed by atoms with Gasteiger partial charge in [0, 0.05) is 35.4 Å². The lowest BCUT2D eigenvalue weighted by molar-refractivity contribution is 0.0859. The van der Waals surface area contributed by atoms with Crippen LogP contribution >= 0.6 is 0 Å². The van der Waals surface area contributed by atoms with Gasteiger partial charge in [-0.15, -0.1) is 0 Å². The molecule has 0 radical (unpaired) electrons. The summed E-state index contributed by atoms with van der Waals surface area (Å²) in [6, 6.07) is 5.14. The highest BCUT2D eigenvalue weighted by Gasteiger charge is 2.56. The lowest BCUT2D eigenvalue weighted by atomic mass is 9.82. The first-order valence-corrected chi connectivity index (χ1v) is 10.6. The maximum absolute atomic E-state index is 15.4. The first-order chi connectivity index (χ1) is 14.8. The Morgan fingerprint density at radius 1 is 1.13 bits per heavy atom. The van der Waals surface area contributed by atoms with Gasteiger partial charge in [0.2, 0.25) is 0 Å². The largest absolute Gasteiger partial charge is 0.507 e. The number of H-pyrrole nitrogens is 1. The minimum absolute atomic E-state index is 0.0494. The van der Waals surface area contributed by atoms with Crippen LogP contribution in [0.5, 0.6) is 5.75 Å². The fourth-order valence-electron chi connectivity index (χ4n) is 5.18. The van der Waals surface area contributed by atoms with Crippen LogP contribution in [0.15, 0.2) is 43.0 Å². The van der Waals surface area contributed by atoms with Crippen molar-refractivity contribution in [3.05, 3.63) is 43.0 Å². The number of halogens is 1. The Kier molecular flexibility index (Phi) is 4.51. The Hall–Kier alpha value is -3.00. The molecule has 4 atom stereocenters. The molecule has 7 nitrogen and oxygen atoms in total. The zero-order valence-corrected chi connectivity index (χ0v) is 17.9. The van der Waals surface area contributed by atoms with Gasteiger partial charge < -0.3 is 15.3 Å². The lowest BCUT2D eigenvalue weighted by Crippen LogP contribution is -2.65. The van der Waals surface area contributed by atoms with E-state index in [0.717, 1.165) is 30.4 Å². The van der Waals surface area contributed by atoms with Crippen LogP contribution in [0.3, 0.4) is 0 Å². The highest BCUT2D eigenvalue weighted by molar-refractivity contribution is 5.73. The van der Waals surface area contributed by atoms with Gasteiger partial charge in [0.05, 0.1) is 30.3 Å². The van der Waals surface area contributed by atoms with Gasteiger partial charge in [0.25, 0.3) is 0 Å². The van der Waals surface area contributed by atoms with Gasteiger partial charge in [-0.1, -0.05) is 6.07 Å². The summed E-state index contributed by atoms with van der Waals surface area (Å²) in [6.07, 6.45) is 8.30. The Morgan fingerprint density at radius 3 is 2.65 bits per heavy atom.